The summed E-state index contributed by atoms with van der Waals surface area (Å²) >= 11 is 0. The van der Waals surface area contributed by atoms with Crippen molar-refractivity contribution < 1.29 is 4.89 Å². The van der Waals surface area contributed by atoms with Crippen LogP contribution in [0.25, 0.3) is 20.9 Å². The molecule has 0 spiro atoms. The normalized spacial score (nSPS) is 11.3. The molecular formula is C11H17N6OP. The van der Waals surface area contributed by atoms with Crippen molar-refractivity contribution in [2.75, 3.05) is 25.4 Å². The quantitative estimate of drug-likeness (QED) is 0.351. The van der Waals surface area contributed by atoms with Crippen LogP contribution >= 0.6 is 7.49 Å². The van der Waals surface area contributed by atoms with Crippen LogP contribution in [-0.4, -0.2) is 30.3 Å². The van der Waals surface area contributed by atoms with E-state index < -0.39 is 7.49 Å². The minimum absolute atomic E-state index is 0.253. The molecule has 1 rings (SSSR count). The van der Waals surface area contributed by atoms with E-state index in [2.05, 4.69) is 20.1 Å². The summed E-state index contributed by atoms with van der Waals surface area (Å²) in [6.45, 7) is 2.48. The monoisotopic (exact) mass is 280 g/mol. The second-order valence-electron chi connectivity index (χ2n) is 4.31. The topological polar surface area (TPSA) is 118 Å². The van der Waals surface area contributed by atoms with E-state index in [0.29, 0.717) is 12.3 Å². The van der Waals surface area contributed by atoms with Gasteiger partial charge in [-0.05, 0) is 0 Å². The molecule has 0 aliphatic carbocycles. The van der Waals surface area contributed by atoms with Crippen LogP contribution in [0, 0.1) is 6.92 Å². The molecule has 0 aliphatic heterocycles. The SMILES string of the molecule is Cc1ccc([PH](O)(CCN=[N+]=[N-])CCN=[N+]=[N-])cc1. The molecule has 8 heteroatoms. The molecule has 1 N–H and O–H groups in total. The van der Waals surface area contributed by atoms with Crippen LogP contribution in [0.3, 0.4) is 0 Å². The molecule has 1 aromatic carbocycles. The van der Waals surface area contributed by atoms with Crippen molar-refractivity contribution in [3.05, 3.63) is 50.7 Å². The van der Waals surface area contributed by atoms with Gasteiger partial charge in [0.05, 0.1) is 0 Å². The van der Waals surface area contributed by atoms with Crippen molar-refractivity contribution in [3.63, 3.8) is 0 Å². The third-order valence-corrected chi connectivity index (χ3v) is 6.48. The first-order chi connectivity index (χ1) is 9.12. The van der Waals surface area contributed by atoms with Crippen molar-refractivity contribution >= 4 is 12.8 Å². The first-order valence-corrected chi connectivity index (χ1v) is 8.30. The molecule has 0 saturated carbocycles. The summed E-state index contributed by atoms with van der Waals surface area (Å²) in [5, 5.41) is 7.83. The Labute approximate surface area is 111 Å². The van der Waals surface area contributed by atoms with Crippen molar-refractivity contribution in [3.8, 4) is 0 Å². The molecule has 0 fully saturated rings. The fraction of sp³-hybridized carbons (Fsp3) is 0.455. The molecule has 7 nitrogen and oxygen atoms in total. The van der Waals surface area contributed by atoms with E-state index in [0.717, 1.165) is 10.9 Å². The molecule has 1 aromatic rings. The van der Waals surface area contributed by atoms with E-state index in [1.165, 1.54) is 0 Å². The van der Waals surface area contributed by atoms with Gasteiger partial charge in [-0.1, -0.05) is 0 Å². The number of hydrogen-bond acceptors (Lipinski definition) is 3. The van der Waals surface area contributed by atoms with Gasteiger partial charge < -0.3 is 0 Å². The van der Waals surface area contributed by atoms with Crippen LogP contribution in [0.2, 0.25) is 0 Å². The predicted molar refractivity (Wildman–Crippen MR) is 79.1 cm³/mol. The third-order valence-electron chi connectivity index (χ3n) is 2.97. The van der Waals surface area contributed by atoms with E-state index >= 15 is 0 Å². The third kappa shape index (κ3) is 4.78. The van der Waals surface area contributed by atoms with Gasteiger partial charge in [-0.25, -0.2) is 0 Å². The maximum absolute atomic E-state index is 10.8. The van der Waals surface area contributed by atoms with Crippen LogP contribution in [-0.2, 0) is 0 Å². The molecule has 0 radical (unpaired) electrons. The van der Waals surface area contributed by atoms with Gasteiger partial charge in [0.1, 0.15) is 0 Å². The number of nitrogens with zero attached hydrogens (tertiary/aromatic N) is 6. The van der Waals surface area contributed by atoms with Gasteiger partial charge in [-0.2, -0.15) is 0 Å². The first-order valence-electron chi connectivity index (χ1n) is 5.93. The molecular weight excluding hydrogens is 263 g/mol. The van der Waals surface area contributed by atoms with Crippen LogP contribution in [0.5, 0.6) is 0 Å². The molecule has 0 heterocycles. The molecule has 19 heavy (non-hydrogen) atoms. The van der Waals surface area contributed by atoms with Gasteiger partial charge in [0, 0.05) is 0 Å². The zero-order valence-electron chi connectivity index (χ0n) is 10.8. The Morgan fingerprint density at radius 2 is 1.53 bits per heavy atom. The molecule has 0 amide bonds. The van der Waals surface area contributed by atoms with Crippen molar-refractivity contribution in [1.29, 1.82) is 0 Å². The number of aryl methyl sites for hydroxylation is 1. The van der Waals surface area contributed by atoms with Gasteiger partial charge in [-0.3, -0.25) is 0 Å². The maximum atomic E-state index is 10.8. The van der Waals surface area contributed by atoms with Crippen molar-refractivity contribution in [1.82, 2.24) is 0 Å². The molecule has 0 saturated heterocycles. The Morgan fingerprint density at radius 1 is 1.05 bits per heavy atom. The van der Waals surface area contributed by atoms with Crippen molar-refractivity contribution in [2.45, 2.75) is 6.92 Å². The molecule has 102 valence electrons. The number of benzene rings is 1. The summed E-state index contributed by atoms with van der Waals surface area (Å²) in [5.41, 5.74) is 17.7. The fourth-order valence-electron chi connectivity index (χ4n) is 1.84. The Balaban J connectivity index is 2.91. The summed E-state index contributed by atoms with van der Waals surface area (Å²) in [4.78, 5) is 16.2. The number of rotatable bonds is 7. The van der Waals surface area contributed by atoms with E-state index in [1.54, 1.807) is 0 Å². The van der Waals surface area contributed by atoms with Crippen LogP contribution in [0.15, 0.2) is 34.5 Å². The van der Waals surface area contributed by atoms with E-state index in [9.17, 15) is 4.89 Å². The van der Waals surface area contributed by atoms with E-state index in [1.807, 2.05) is 31.2 Å². The van der Waals surface area contributed by atoms with Gasteiger partial charge in [0.15, 0.2) is 0 Å². The Morgan fingerprint density at radius 3 is 1.95 bits per heavy atom. The van der Waals surface area contributed by atoms with Crippen LogP contribution in [0.1, 0.15) is 5.56 Å². The summed E-state index contributed by atoms with van der Waals surface area (Å²) < 4.78 is 0. The zero-order valence-corrected chi connectivity index (χ0v) is 11.8. The second-order valence-corrected chi connectivity index (χ2v) is 7.95. The van der Waals surface area contributed by atoms with Crippen molar-refractivity contribution in [2.24, 2.45) is 10.2 Å². The molecule has 0 aliphatic rings. The standard InChI is InChI=1S/C11H17N6OP/c1-10-2-4-11(5-3-10)19(18,8-6-14-16-12)9-7-15-17-13/h2-5,18-19H,6-9H2,1H3. The summed E-state index contributed by atoms with van der Waals surface area (Å²) in [5.74, 6) is 0. The van der Waals surface area contributed by atoms with E-state index in [-0.39, 0.29) is 13.1 Å². The summed E-state index contributed by atoms with van der Waals surface area (Å²) in [6, 6.07) is 7.67. The minimum atomic E-state index is -2.75. The van der Waals surface area contributed by atoms with Gasteiger partial charge in [-0.15, -0.1) is 0 Å². The first kappa shape index (κ1) is 15.3. The zero-order chi connectivity index (χ0) is 14.1. The number of azide groups is 2. The van der Waals surface area contributed by atoms with Crippen LogP contribution in [0.4, 0.5) is 0 Å². The predicted octanol–water partition coefficient (Wildman–Crippen LogP) is 2.90. The van der Waals surface area contributed by atoms with Gasteiger partial charge in [0.2, 0.25) is 0 Å². The fourth-order valence-corrected chi connectivity index (χ4v) is 4.39. The number of hydrogen-bond donors (Lipinski definition) is 1. The Hall–Kier alpha value is -1.77. The van der Waals surface area contributed by atoms with Gasteiger partial charge in [0.25, 0.3) is 0 Å². The Kier molecular flexibility index (Phi) is 6.13. The second kappa shape index (κ2) is 7.62. The average Bonchev–Trinajstić information content (AvgIpc) is 2.40. The molecule has 0 atom stereocenters. The molecule has 0 unspecified atom stereocenters. The van der Waals surface area contributed by atoms with Crippen LogP contribution < -0.4 is 5.30 Å². The average molecular weight is 280 g/mol. The molecule has 0 aromatic heterocycles. The summed E-state index contributed by atoms with van der Waals surface area (Å²) in [7, 11) is -2.75. The Bertz CT molecular complexity index is 482. The van der Waals surface area contributed by atoms with E-state index in [4.69, 9.17) is 11.1 Å². The summed E-state index contributed by atoms with van der Waals surface area (Å²) in [6.07, 6.45) is 0.863. The molecule has 0 bridgehead atoms. The van der Waals surface area contributed by atoms with Gasteiger partial charge >= 0.3 is 111 Å².